The Kier molecular flexibility index (Phi) is 5.73. The van der Waals surface area contributed by atoms with Gasteiger partial charge in [0.25, 0.3) is 5.91 Å². The van der Waals surface area contributed by atoms with Crippen LogP contribution in [-0.2, 0) is 9.53 Å². The van der Waals surface area contributed by atoms with Crippen LogP contribution < -0.4 is 19.1 Å². The van der Waals surface area contributed by atoms with Crippen molar-refractivity contribution in [1.82, 2.24) is 0 Å². The zero-order chi connectivity index (χ0) is 17.0. The molecule has 2 rings (SSSR count). The Labute approximate surface area is 144 Å². The van der Waals surface area contributed by atoms with E-state index in [1.165, 1.54) is 44.3 Å². The first kappa shape index (κ1) is 17.4. The number of hydrogen-bond acceptors (Lipinski definition) is 7. The van der Waals surface area contributed by atoms with Crippen LogP contribution in [0.4, 0.5) is 5.69 Å². The number of hydrogen-bond donors (Lipinski definition) is 0. The van der Waals surface area contributed by atoms with Crippen LogP contribution >= 0.6 is 24.0 Å². The number of amides is 1. The van der Waals surface area contributed by atoms with Gasteiger partial charge in [0.1, 0.15) is 11.2 Å². The molecule has 0 atom stereocenters. The highest BCUT2D eigenvalue weighted by molar-refractivity contribution is 8.27. The second-order valence-electron chi connectivity index (χ2n) is 4.33. The molecule has 0 spiro atoms. The lowest BCUT2D eigenvalue weighted by molar-refractivity contribution is -0.113. The number of thiocarbonyl (C=S) groups is 1. The minimum absolute atomic E-state index is 0.247. The lowest BCUT2D eigenvalue weighted by atomic mass is 10.2. The Hall–Kier alpha value is -1.93. The Balaban J connectivity index is 2.45. The van der Waals surface area contributed by atoms with Gasteiger partial charge in [0.15, 0.2) is 15.8 Å². The first-order chi connectivity index (χ1) is 11.1. The molecular weight excluding hydrogens is 338 g/mol. The van der Waals surface area contributed by atoms with Crippen molar-refractivity contribution < 1.29 is 23.7 Å². The number of ether oxygens (including phenoxy) is 4. The van der Waals surface area contributed by atoms with Crippen molar-refractivity contribution in [2.45, 2.75) is 6.92 Å². The van der Waals surface area contributed by atoms with Gasteiger partial charge in [0.2, 0.25) is 5.75 Å². The van der Waals surface area contributed by atoms with E-state index in [0.717, 1.165) is 0 Å². The van der Waals surface area contributed by atoms with E-state index >= 15 is 0 Å². The molecule has 0 unspecified atom stereocenters. The summed E-state index contributed by atoms with van der Waals surface area (Å²) in [5.74, 6) is 1.10. The molecule has 0 N–H and O–H groups in total. The fraction of sp³-hybridized carbons (Fsp3) is 0.333. The summed E-state index contributed by atoms with van der Waals surface area (Å²) in [5.41, 5.74) is 0.543. The van der Waals surface area contributed by atoms with Crippen LogP contribution in [0.25, 0.3) is 0 Å². The molecule has 1 amide bonds. The van der Waals surface area contributed by atoms with Gasteiger partial charge in [-0.2, -0.15) is 0 Å². The van der Waals surface area contributed by atoms with Crippen molar-refractivity contribution in [1.29, 1.82) is 0 Å². The highest BCUT2D eigenvalue weighted by Gasteiger charge is 2.35. The van der Waals surface area contributed by atoms with E-state index in [1.54, 1.807) is 12.1 Å². The molecule has 0 aromatic heterocycles. The van der Waals surface area contributed by atoms with E-state index in [-0.39, 0.29) is 5.91 Å². The van der Waals surface area contributed by atoms with E-state index in [4.69, 9.17) is 31.2 Å². The summed E-state index contributed by atoms with van der Waals surface area (Å²) in [6.45, 7) is 2.32. The summed E-state index contributed by atoms with van der Waals surface area (Å²) < 4.78 is 21.5. The maximum atomic E-state index is 12.5. The maximum Gasteiger partial charge on any atom is 0.273 e. The van der Waals surface area contributed by atoms with E-state index in [9.17, 15) is 4.79 Å². The number of methoxy groups -OCH3 is 3. The van der Waals surface area contributed by atoms with Crippen LogP contribution in [0.1, 0.15) is 6.92 Å². The summed E-state index contributed by atoms with van der Waals surface area (Å²) in [6, 6.07) is 3.35. The summed E-state index contributed by atoms with van der Waals surface area (Å²) in [6.07, 6.45) is 1.43. The molecule has 0 bridgehead atoms. The smallest absolute Gasteiger partial charge is 0.273 e. The molecule has 0 aliphatic carbocycles. The quantitative estimate of drug-likeness (QED) is 0.442. The van der Waals surface area contributed by atoms with Gasteiger partial charge < -0.3 is 18.9 Å². The van der Waals surface area contributed by atoms with Crippen molar-refractivity contribution in [2.24, 2.45) is 0 Å². The molecule has 1 aliphatic rings. The molecule has 6 nitrogen and oxygen atoms in total. The van der Waals surface area contributed by atoms with Gasteiger partial charge in [0.05, 0.1) is 33.6 Å². The molecule has 1 aliphatic heterocycles. The van der Waals surface area contributed by atoms with Crippen molar-refractivity contribution in [3.8, 4) is 17.2 Å². The third-order valence-electron chi connectivity index (χ3n) is 3.06. The maximum absolute atomic E-state index is 12.5. The standard InChI is InChI=1S/C15H17NO5S2/c1-5-21-8-12-14(17)16(15(22)23-12)9-6-10(18-2)13(20-4)11(7-9)19-3/h6-8H,5H2,1-4H3/b12-8+. The van der Waals surface area contributed by atoms with Gasteiger partial charge in [-0.3, -0.25) is 9.69 Å². The van der Waals surface area contributed by atoms with Crippen molar-refractivity contribution in [3.63, 3.8) is 0 Å². The Bertz CT molecular complexity index is 634. The number of anilines is 1. The second kappa shape index (κ2) is 7.56. The first-order valence-corrected chi connectivity index (χ1v) is 7.97. The topological polar surface area (TPSA) is 57.2 Å². The number of thioether (sulfide) groups is 1. The second-order valence-corrected chi connectivity index (χ2v) is 6.01. The van der Waals surface area contributed by atoms with Crippen LogP contribution in [0, 0.1) is 0 Å². The van der Waals surface area contributed by atoms with Crippen LogP contribution in [0.5, 0.6) is 17.2 Å². The SMILES string of the molecule is CCO/C=C1/SC(=S)N(c2cc(OC)c(OC)c(OC)c2)C1=O. The summed E-state index contributed by atoms with van der Waals surface area (Å²) in [5, 5.41) is 0. The van der Waals surface area contributed by atoms with E-state index in [2.05, 4.69) is 0 Å². The molecule has 1 heterocycles. The van der Waals surface area contributed by atoms with Gasteiger partial charge >= 0.3 is 0 Å². The molecule has 124 valence electrons. The van der Waals surface area contributed by atoms with Crippen LogP contribution in [-0.4, -0.2) is 38.2 Å². The number of rotatable bonds is 6. The van der Waals surface area contributed by atoms with Crippen molar-refractivity contribution in [3.05, 3.63) is 23.3 Å². The largest absolute Gasteiger partial charge is 0.500 e. The number of carbonyl (C=O) groups excluding carboxylic acids is 1. The van der Waals surface area contributed by atoms with Gasteiger partial charge in [-0.15, -0.1) is 0 Å². The summed E-state index contributed by atoms with van der Waals surface area (Å²) in [4.78, 5) is 14.4. The van der Waals surface area contributed by atoms with Crippen LogP contribution in [0.2, 0.25) is 0 Å². The van der Waals surface area contributed by atoms with Gasteiger partial charge in [-0.05, 0) is 6.92 Å². The third-order valence-corrected chi connectivity index (χ3v) is 4.34. The summed E-state index contributed by atoms with van der Waals surface area (Å²) >= 11 is 6.49. The molecule has 1 aromatic rings. The summed E-state index contributed by atoms with van der Waals surface area (Å²) in [7, 11) is 4.55. The molecule has 1 aromatic carbocycles. The van der Waals surface area contributed by atoms with Crippen molar-refractivity contribution in [2.75, 3.05) is 32.8 Å². The van der Waals surface area contributed by atoms with Crippen LogP contribution in [0.15, 0.2) is 23.3 Å². The highest BCUT2D eigenvalue weighted by Crippen LogP contribution is 2.44. The highest BCUT2D eigenvalue weighted by atomic mass is 32.2. The Morgan fingerprint density at radius 2 is 1.78 bits per heavy atom. The number of benzene rings is 1. The molecule has 1 saturated heterocycles. The van der Waals surface area contributed by atoms with E-state index in [1.807, 2.05) is 6.92 Å². The molecule has 1 fully saturated rings. The minimum Gasteiger partial charge on any atom is -0.500 e. The zero-order valence-corrected chi connectivity index (χ0v) is 14.9. The average molecular weight is 355 g/mol. The van der Waals surface area contributed by atoms with Gasteiger partial charge in [-0.25, -0.2) is 0 Å². The Morgan fingerprint density at radius 1 is 1.17 bits per heavy atom. The molecule has 0 radical (unpaired) electrons. The fourth-order valence-corrected chi connectivity index (χ4v) is 3.25. The predicted molar refractivity (Wildman–Crippen MR) is 93.5 cm³/mol. The monoisotopic (exact) mass is 355 g/mol. The predicted octanol–water partition coefficient (Wildman–Crippen LogP) is 2.96. The van der Waals surface area contributed by atoms with E-state index in [0.29, 0.717) is 38.8 Å². The average Bonchev–Trinajstić information content (AvgIpc) is 2.85. The lowest BCUT2D eigenvalue weighted by Crippen LogP contribution is -2.27. The first-order valence-electron chi connectivity index (χ1n) is 6.75. The van der Waals surface area contributed by atoms with E-state index < -0.39 is 0 Å². The normalized spacial score (nSPS) is 16.0. The molecule has 0 saturated carbocycles. The Morgan fingerprint density at radius 3 is 2.26 bits per heavy atom. The third kappa shape index (κ3) is 3.37. The van der Waals surface area contributed by atoms with Gasteiger partial charge in [-0.1, -0.05) is 24.0 Å². The minimum atomic E-state index is -0.247. The zero-order valence-electron chi connectivity index (χ0n) is 13.2. The van der Waals surface area contributed by atoms with Gasteiger partial charge in [0, 0.05) is 12.1 Å². The molecule has 8 heteroatoms. The lowest BCUT2D eigenvalue weighted by Gasteiger charge is -2.19. The number of nitrogens with zero attached hydrogens (tertiary/aromatic N) is 1. The fourth-order valence-electron chi connectivity index (χ4n) is 2.03. The van der Waals surface area contributed by atoms with Crippen molar-refractivity contribution >= 4 is 39.9 Å². The number of carbonyl (C=O) groups is 1. The molecular formula is C15H17NO5S2. The molecule has 23 heavy (non-hydrogen) atoms. The van der Waals surface area contributed by atoms with Crippen LogP contribution in [0.3, 0.4) is 0 Å².